The number of benzene rings is 4. The maximum atomic E-state index is 5.68. The van der Waals surface area contributed by atoms with Gasteiger partial charge in [-0.1, -0.05) is 24.3 Å². The summed E-state index contributed by atoms with van der Waals surface area (Å²) >= 11 is 1.86. The highest BCUT2D eigenvalue weighted by molar-refractivity contribution is 7.25. The van der Waals surface area contributed by atoms with Crippen molar-refractivity contribution in [2.45, 2.75) is 0 Å². The Morgan fingerprint density at radius 3 is 2.57 bits per heavy atom. The first kappa shape index (κ1) is 16.1. The quantitative estimate of drug-likeness (QED) is 0.259. The van der Waals surface area contributed by atoms with Crippen molar-refractivity contribution in [1.29, 1.82) is 0 Å². The largest absolute Gasteiger partial charge is 0.464 e. The van der Waals surface area contributed by atoms with Crippen molar-refractivity contribution >= 4 is 64.0 Å². The molecule has 0 N–H and O–H groups in total. The van der Waals surface area contributed by atoms with E-state index in [2.05, 4.69) is 65.6 Å². The molecule has 0 radical (unpaired) electrons. The van der Waals surface area contributed by atoms with Crippen LogP contribution in [0, 0.1) is 0 Å². The van der Waals surface area contributed by atoms with Gasteiger partial charge in [0.05, 0.1) is 6.26 Å². The van der Waals surface area contributed by atoms with Gasteiger partial charge in [0.15, 0.2) is 0 Å². The molecule has 140 valence electrons. The summed E-state index contributed by atoms with van der Waals surface area (Å²) in [6, 6.07) is 26.2. The Bertz CT molecular complexity index is 1740. The van der Waals surface area contributed by atoms with E-state index in [1.165, 1.54) is 47.3 Å². The zero-order valence-corrected chi connectivity index (χ0v) is 16.7. The Morgan fingerprint density at radius 1 is 0.667 bits per heavy atom. The molecule has 3 heteroatoms. The molecule has 3 aromatic heterocycles. The molecule has 0 aliphatic carbocycles. The lowest BCUT2D eigenvalue weighted by Gasteiger charge is -2.12. The van der Waals surface area contributed by atoms with E-state index in [0.717, 1.165) is 16.5 Å². The molecule has 7 aromatic rings. The van der Waals surface area contributed by atoms with E-state index < -0.39 is 0 Å². The van der Waals surface area contributed by atoms with E-state index in [1.807, 2.05) is 35.9 Å². The van der Waals surface area contributed by atoms with E-state index in [1.54, 1.807) is 6.26 Å². The third-order valence-corrected chi connectivity index (χ3v) is 7.13. The van der Waals surface area contributed by atoms with E-state index in [0.29, 0.717) is 0 Å². The van der Waals surface area contributed by atoms with Crippen molar-refractivity contribution in [3.8, 4) is 11.1 Å². The molecular formula is C27H15NOS. The topological polar surface area (TPSA) is 26.0 Å². The van der Waals surface area contributed by atoms with Crippen molar-refractivity contribution in [2.75, 3.05) is 0 Å². The highest BCUT2D eigenvalue weighted by atomic mass is 32.1. The minimum Gasteiger partial charge on any atom is -0.464 e. The predicted molar refractivity (Wildman–Crippen MR) is 127 cm³/mol. The minimum absolute atomic E-state index is 0.918. The average molecular weight is 401 g/mol. The van der Waals surface area contributed by atoms with Gasteiger partial charge in [-0.2, -0.15) is 0 Å². The smallest absolute Gasteiger partial charge is 0.134 e. The fourth-order valence-corrected chi connectivity index (χ4v) is 5.72. The molecule has 0 atom stereocenters. The van der Waals surface area contributed by atoms with Crippen LogP contribution in [0.2, 0.25) is 0 Å². The lowest BCUT2D eigenvalue weighted by molar-refractivity contribution is 0.616. The molecule has 0 amide bonds. The molecule has 0 bridgehead atoms. The second kappa shape index (κ2) is 5.91. The standard InChI is InChI=1S/C27H15NOS/c1-2-6-26-19(5-1)24-13-22-20(17-4-3-8-28-15-17)11-18-12-25-16(7-9-29-25)10-21(18)23(22)14-27(24)30-26/h1-15H. The van der Waals surface area contributed by atoms with Crippen LogP contribution in [0.25, 0.3) is 63.8 Å². The van der Waals surface area contributed by atoms with Gasteiger partial charge in [-0.3, -0.25) is 4.98 Å². The maximum absolute atomic E-state index is 5.68. The SMILES string of the molecule is c1cncc(-c2cc3cc4occc4cc3c3cc4sc5ccccc5c4cc23)c1. The Kier molecular flexibility index (Phi) is 3.18. The van der Waals surface area contributed by atoms with Crippen LogP contribution in [-0.4, -0.2) is 4.98 Å². The van der Waals surface area contributed by atoms with Crippen molar-refractivity contribution in [1.82, 2.24) is 4.98 Å². The van der Waals surface area contributed by atoms with E-state index >= 15 is 0 Å². The monoisotopic (exact) mass is 401 g/mol. The molecule has 0 aliphatic heterocycles. The summed E-state index contributed by atoms with van der Waals surface area (Å²) in [6.07, 6.45) is 5.53. The van der Waals surface area contributed by atoms with Gasteiger partial charge < -0.3 is 4.42 Å². The molecule has 3 heterocycles. The molecule has 0 unspecified atom stereocenters. The van der Waals surface area contributed by atoms with Crippen LogP contribution < -0.4 is 0 Å². The maximum Gasteiger partial charge on any atom is 0.134 e. The minimum atomic E-state index is 0.918. The first-order chi connectivity index (χ1) is 14.8. The van der Waals surface area contributed by atoms with Gasteiger partial charge in [0.2, 0.25) is 0 Å². The van der Waals surface area contributed by atoms with Gasteiger partial charge in [0, 0.05) is 43.5 Å². The summed E-state index contributed by atoms with van der Waals surface area (Å²) in [6.45, 7) is 0. The normalized spacial score (nSPS) is 12.0. The number of hydrogen-bond acceptors (Lipinski definition) is 3. The molecule has 0 aliphatic rings. The summed E-state index contributed by atoms with van der Waals surface area (Å²) in [4.78, 5) is 4.38. The molecule has 0 spiro atoms. The summed E-state index contributed by atoms with van der Waals surface area (Å²) in [5.41, 5.74) is 3.25. The lowest BCUT2D eigenvalue weighted by Crippen LogP contribution is -1.86. The second-order valence-electron chi connectivity index (χ2n) is 7.69. The first-order valence-electron chi connectivity index (χ1n) is 9.94. The molecule has 0 fully saturated rings. The van der Waals surface area contributed by atoms with Crippen LogP contribution in [0.1, 0.15) is 0 Å². The Morgan fingerprint density at radius 2 is 1.63 bits per heavy atom. The number of rotatable bonds is 1. The third-order valence-electron chi connectivity index (χ3n) is 5.99. The molecular weight excluding hydrogens is 386 g/mol. The third kappa shape index (κ3) is 2.21. The van der Waals surface area contributed by atoms with Gasteiger partial charge in [-0.15, -0.1) is 11.3 Å². The summed E-state index contributed by atoms with van der Waals surface area (Å²) in [5, 5.41) is 8.74. The summed E-state index contributed by atoms with van der Waals surface area (Å²) in [7, 11) is 0. The first-order valence-corrected chi connectivity index (χ1v) is 10.8. The van der Waals surface area contributed by atoms with E-state index in [4.69, 9.17) is 4.42 Å². The number of hydrogen-bond donors (Lipinski definition) is 0. The van der Waals surface area contributed by atoms with Crippen molar-refractivity contribution in [3.05, 3.63) is 91.5 Å². The second-order valence-corrected chi connectivity index (χ2v) is 8.77. The van der Waals surface area contributed by atoms with Crippen LogP contribution in [-0.2, 0) is 0 Å². The predicted octanol–water partition coefficient (Wildman–Crippen LogP) is 8.17. The zero-order valence-electron chi connectivity index (χ0n) is 15.9. The lowest BCUT2D eigenvalue weighted by atomic mass is 9.92. The van der Waals surface area contributed by atoms with Crippen LogP contribution in [0.3, 0.4) is 0 Å². The summed E-state index contributed by atoms with van der Waals surface area (Å²) in [5.74, 6) is 0. The average Bonchev–Trinajstić information content (AvgIpc) is 3.40. The van der Waals surface area contributed by atoms with Crippen LogP contribution in [0.15, 0.2) is 95.9 Å². The number of pyridine rings is 1. The van der Waals surface area contributed by atoms with E-state index in [9.17, 15) is 0 Å². The molecule has 2 nitrogen and oxygen atoms in total. The van der Waals surface area contributed by atoms with Crippen LogP contribution in [0.4, 0.5) is 0 Å². The number of furan rings is 1. The zero-order chi connectivity index (χ0) is 19.7. The van der Waals surface area contributed by atoms with Gasteiger partial charge >= 0.3 is 0 Å². The van der Waals surface area contributed by atoms with Gasteiger partial charge in [-0.05, 0) is 75.6 Å². The fraction of sp³-hybridized carbons (Fsp3) is 0. The van der Waals surface area contributed by atoms with Crippen molar-refractivity contribution < 1.29 is 4.42 Å². The fourth-order valence-electron chi connectivity index (χ4n) is 4.59. The molecule has 0 saturated carbocycles. The molecule has 4 aromatic carbocycles. The van der Waals surface area contributed by atoms with Crippen molar-refractivity contribution in [2.24, 2.45) is 0 Å². The molecule has 0 saturated heterocycles. The highest BCUT2D eigenvalue weighted by Gasteiger charge is 2.14. The van der Waals surface area contributed by atoms with E-state index in [-0.39, 0.29) is 0 Å². The summed E-state index contributed by atoms with van der Waals surface area (Å²) < 4.78 is 8.33. The van der Waals surface area contributed by atoms with Gasteiger partial charge in [0.1, 0.15) is 5.58 Å². The van der Waals surface area contributed by atoms with Crippen molar-refractivity contribution in [3.63, 3.8) is 0 Å². The highest BCUT2D eigenvalue weighted by Crippen LogP contribution is 2.42. The van der Waals surface area contributed by atoms with Crippen LogP contribution in [0.5, 0.6) is 0 Å². The van der Waals surface area contributed by atoms with Crippen LogP contribution >= 0.6 is 11.3 Å². The Hall–Kier alpha value is -3.69. The number of nitrogens with zero attached hydrogens (tertiary/aromatic N) is 1. The van der Waals surface area contributed by atoms with Gasteiger partial charge in [-0.25, -0.2) is 0 Å². The Balaban J connectivity index is 1.72. The Labute approximate surface area is 176 Å². The number of thiophene rings is 1. The molecule has 30 heavy (non-hydrogen) atoms. The number of fused-ring (bicyclic) bond motifs is 7. The number of aromatic nitrogens is 1. The van der Waals surface area contributed by atoms with Gasteiger partial charge in [0.25, 0.3) is 0 Å². The molecule has 7 rings (SSSR count).